The molecule has 2 aromatic rings. The molecule has 0 aliphatic carbocycles. The predicted molar refractivity (Wildman–Crippen MR) is 63.7 cm³/mol. The summed E-state index contributed by atoms with van der Waals surface area (Å²) in [6.07, 6.45) is 9.84. The lowest BCUT2D eigenvalue weighted by molar-refractivity contribution is 0.597. The summed E-state index contributed by atoms with van der Waals surface area (Å²) in [4.78, 5) is 7.98. The minimum atomic E-state index is -0.123. The number of nitrogens with two attached hydrogens (primary N) is 1. The molecule has 1 atom stereocenters. The van der Waals surface area contributed by atoms with Crippen LogP contribution in [-0.2, 0) is 6.54 Å². The van der Waals surface area contributed by atoms with Gasteiger partial charge in [0.25, 0.3) is 0 Å². The highest BCUT2D eigenvalue weighted by Gasteiger charge is 2.14. The van der Waals surface area contributed by atoms with E-state index < -0.39 is 0 Å². The first-order valence-electron chi connectivity index (χ1n) is 5.58. The van der Waals surface area contributed by atoms with Gasteiger partial charge in [0.1, 0.15) is 6.33 Å². The van der Waals surface area contributed by atoms with E-state index in [1.807, 2.05) is 17.1 Å². The fourth-order valence-electron chi connectivity index (χ4n) is 1.72. The molecule has 0 aliphatic rings. The molecule has 3 N–H and O–H groups in total. The third-order valence-corrected chi connectivity index (χ3v) is 2.52. The average Bonchev–Trinajstić information content (AvgIpc) is 2.81. The van der Waals surface area contributed by atoms with Crippen molar-refractivity contribution in [1.82, 2.24) is 25.2 Å². The number of hydrazine groups is 1. The molecule has 90 valence electrons. The fourth-order valence-corrected chi connectivity index (χ4v) is 1.72. The van der Waals surface area contributed by atoms with Crippen LogP contribution in [0.25, 0.3) is 0 Å². The van der Waals surface area contributed by atoms with Crippen molar-refractivity contribution in [3.05, 3.63) is 42.2 Å². The maximum Gasteiger partial charge on any atom is 0.115 e. The number of rotatable bonds is 5. The van der Waals surface area contributed by atoms with Gasteiger partial charge in [-0.15, -0.1) is 0 Å². The SMILES string of the molecule is CCCn1cc(C(NN)c2cncnc2)cn1. The van der Waals surface area contributed by atoms with Gasteiger partial charge in [-0.1, -0.05) is 6.92 Å². The van der Waals surface area contributed by atoms with Crippen molar-refractivity contribution < 1.29 is 0 Å². The molecular formula is C11H16N6. The van der Waals surface area contributed by atoms with Crippen LogP contribution >= 0.6 is 0 Å². The van der Waals surface area contributed by atoms with Gasteiger partial charge in [-0.25, -0.2) is 15.4 Å². The molecule has 6 nitrogen and oxygen atoms in total. The number of hydrogen-bond acceptors (Lipinski definition) is 5. The van der Waals surface area contributed by atoms with E-state index in [1.165, 1.54) is 6.33 Å². The van der Waals surface area contributed by atoms with Crippen LogP contribution in [-0.4, -0.2) is 19.7 Å². The zero-order chi connectivity index (χ0) is 12.1. The molecule has 0 aromatic carbocycles. The molecule has 0 aliphatic heterocycles. The summed E-state index contributed by atoms with van der Waals surface area (Å²) in [7, 11) is 0. The van der Waals surface area contributed by atoms with E-state index in [0.29, 0.717) is 0 Å². The summed E-state index contributed by atoms with van der Waals surface area (Å²) in [5.41, 5.74) is 4.69. The van der Waals surface area contributed by atoms with Gasteiger partial charge >= 0.3 is 0 Å². The Bertz CT molecular complexity index is 452. The monoisotopic (exact) mass is 232 g/mol. The van der Waals surface area contributed by atoms with E-state index in [-0.39, 0.29) is 6.04 Å². The van der Waals surface area contributed by atoms with E-state index in [1.54, 1.807) is 12.4 Å². The molecule has 0 bridgehead atoms. The molecule has 2 aromatic heterocycles. The van der Waals surface area contributed by atoms with Crippen molar-refractivity contribution >= 4 is 0 Å². The Morgan fingerprint density at radius 3 is 2.71 bits per heavy atom. The largest absolute Gasteiger partial charge is 0.272 e. The summed E-state index contributed by atoms with van der Waals surface area (Å²) in [6.45, 7) is 3.02. The molecule has 6 heteroatoms. The van der Waals surface area contributed by atoms with Gasteiger partial charge in [-0.05, 0) is 6.42 Å². The maximum atomic E-state index is 5.58. The van der Waals surface area contributed by atoms with Gasteiger partial charge in [0.2, 0.25) is 0 Å². The van der Waals surface area contributed by atoms with E-state index in [0.717, 1.165) is 24.1 Å². The predicted octanol–water partition coefficient (Wildman–Crippen LogP) is 0.636. The minimum Gasteiger partial charge on any atom is -0.272 e. The Hall–Kier alpha value is -1.79. The van der Waals surface area contributed by atoms with Gasteiger partial charge in [0.15, 0.2) is 0 Å². The van der Waals surface area contributed by atoms with Crippen molar-refractivity contribution in [1.29, 1.82) is 0 Å². The number of nitrogens with one attached hydrogen (secondary N) is 1. The van der Waals surface area contributed by atoms with E-state index in [9.17, 15) is 0 Å². The van der Waals surface area contributed by atoms with Crippen molar-refractivity contribution in [3.8, 4) is 0 Å². The molecule has 0 spiro atoms. The molecule has 2 rings (SSSR count). The van der Waals surface area contributed by atoms with Crippen molar-refractivity contribution in [2.45, 2.75) is 25.9 Å². The highest BCUT2D eigenvalue weighted by Crippen LogP contribution is 2.18. The van der Waals surface area contributed by atoms with Gasteiger partial charge in [-0.3, -0.25) is 10.5 Å². The number of aromatic nitrogens is 4. The lowest BCUT2D eigenvalue weighted by Crippen LogP contribution is -2.28. The second kappa shape index (κ2) is 5.51. The Balaban J connectivity index is 2.23. The van der Waals surface area contributed by atoms with E-state index in [4.69, 9.17) is 5.84 Å². The smallest absolute Gasteiger partial charge is 0.115 e. The number of nitrogens with zero attached hydrogens (tertiary/aromatic N) is 4. The first kappa shape index (κ1) is 11.7. The molecule has 0 saturated carbocycles. The molecule has 0 saturated heterocycles. The minimum absolute atomic E-state index is 0.123. The highest BCUT2D eigenvalue weighted by atomic mass is 15.3. The van der Waals surface area contributed by atoms with Crippen LogP contribution in [0.1, 0.15) is 30.5 Å². The molecule has 2 heterocycles. The van der Waals surface area contributed by atoms with Crippen molar-refractivity contribution in [2.75, 3.05) is 0 Å². The molecular weight excluding hydrogens is 216 g/mol. The zero-order valence-corrected chi connectivity index (χ0v) is 9.74. The van der Waals surface area contributed by atoms with Crippen LogP contribution in [0.5, 0.6) is 0 Å². The summed E-state index contributed by atoms with van der Waals surface area (Å²) in [6, 6.07) is -0.123. The van der Waals surface area contributed by atoms with Crippen molar-refractivity contribution in [3.63, 3.8) is 0 Å². The van der Waals surface area contributed by atoms with Crippen LogP contribution in [0.2, 0.25) is 0 Å². The van der Waals surface area contributed by atoms with Gasteiger partial charge in [0.05, 0.1) is 12.2 Å². The van der Waals surface area contributed by atoms with Crippen molar-refractivity contribution in [2.24, 2.45) is 5.84 Å². The Labute approximate surface area is 99.9 Å². The highest BCUT2D eigenvalue weighted by molar-refractivity contribution is 5.24. The third-order valence-electron chi connectivity index (χ3n) is 2.52. The number of aryl methyl sites for hydroxylation is 1. The van der Waals surface area contributed by atoms with Gasteiger partial charge < -0.3 is 0 Å². The zero-order valence-electron chi connectivity index (χ0n) is 9.74. The first-order valence-corrected chi connectivity index (χ1v) is 5.58. The Morgan fingerprint density at radius 1 is 1.29 bits per heavy atom. The maximum absolute atomic E-state index is 5.58. The van der Waals surface area contributed by atoms with Crippen LogP contribution < -0.4 is 11.3 Å². The van der Waals surface area contributed by atoms with Crippen LogP contribution in [0.3, 0.4) is 0 Å². The summed E-state index contributed by atoms with van der Waals surface area (Å²) in [5.74, 6) is 5.58. The molecule has 1 unspecified atom stereocenters. The molecule has 0 radical (unpaired) electrons. The van der Waals surface area contributed by atoms with Crippen LogP contribution in [0, 0.1) is 0 Å². The molecule has 0 fully saturated rings. The average molecular weight is 232 g/mol. The Morgan fingerprint density at radius 2 is 2.06 bits per heavy atom. The Kier molecular flexibility index (Phi) is 3.79. The summed E-state index contributed by atoms with van der Waals surface area (Å²) in [5, 5.41) is 4.28. The summed E-state index contributed by atoms with van der Waals surface area (Å²) >= 11 is 0. The van der Waals surface area contributed by atoms with E-state index >= 15 is 0 Å². The summed E-state index contributed by atoms with van der Waals surface area (Å²) < 4.78 is 1.91. The first-order chi connectivity index (χ1) is 8.35. The lowest BCUT2D eigenvalue weighted by atomic mass is 10.1. The molecule has 17 heavy (non-hydrogen) atoms. The quantitative estimate of drug-likeness (QED) is 0.584. The van der Waals surface area contributed by atoms with Crippen LogP contribution in [0.4, 0.5) is 0 Å². The third kappa shape index (κ3) is 2.66. The second-order valence-electron chi connectivity index (χ2n) is 3.81. The van der Waals surface area contributed by atoms with E-state index in [2.05, 4.69) is 27.4 Å². The normalized spacial score (nSPS) is 12.6. The second-order valence-corrected chi connectivity index (χ2v) is 3.81. The van der Waals surface area contributed by atoms with Crippen LogP contribution in [0.15, 0.2) is 31.1 Å². The molecule has 0 amide bonds. The van der Waals surface area contributed by atoms with Gasteiger partial charge in [-0.2, -0.15) is 5.10 Å². The lowest BCUT2D eigenvalue weighted by Gasteiger charge is -2.13. The topological polar surface area (TPSA) is 81.7 Å². The number of hydrogen-bond donors (Lipinski definition) is 2. The van der Waals surface area contributed by atoms with Gasteiger partial charge in [0, 0.05) is 36.3 Å². The standard InChI is InChI=1S/C11H16N6/c1-2-3-17-7-10(6-15-17)11(16-12)9-4-13-8-14-5-9/h4-8,11,16H,2-3,12H2,1H3. The fraction of sp³-hybridized carbons (Fsp3) is 0.364.